The Balaban J connectivity index is 1.79. The summed E-state index contributed by atoms with van der Waals surface area (Å²) in [4.78, 5) is 33.3. The molecule has 9 heteroatoms. The van der Waals surface area contributed by atoms with Gasteiger partial charge in [0.1, 0.15) is 5.58 Å². The highest BCUT2D eigenvalue weighted by Crippen LogP contribution is 2.45. The van der Waals surface area contributed by atoms with E-state index in [0.717, 1.165) is 11.1 Å². The Morgan fingerprint density at radius 3 is 2.39 bits per heavy atom. The number of fused-ring (bicyclic) bond motifs is 2. The highest BCUT2D eigenvalue weighted by atomic mass is 35.5. The van der Waals surface area contributed by atoms with E-state index < -0.39 is 11.9 Å². The fraction of sp³-hybridized carbons (Fsp3) is 0.222. The minimum absolute atomic E-state index is 0.00290. The van der Waals surface area contributed by atoms with Crippen molar-refractivity contribution < 1.29 is 23.4 Å². The summed E-state index contributed by atoms with van der Waals surface area (Å²) >= 11 is 6.33. The van der Waals surface area contributed by atoms with E-state index in [2.05, 4.69) is 4.98 Å². The Bertz CT molecular complexity index is 1520. The number of halogens is 1. The summed E-state index contributed by atoms with van der Waals surface area (Å²) < 4.78 is 22.6. The SMILES string of the molecule is COc1cc([C@H]2c3c(oc4cc(C)c(Cl)cc4c3=O)C(=O)N2Cc2cccnc2)cc(OC)c1OC. The molecule has 2 aromatic heterocycles. The zero-order valence-corrected chi connectivity index (χ0v) is 20.9. The van der Waals surface area contributed by atoms with Crippen molar-refractivity contribution in [3.63, 3.8) is 0 Å². The standard InChI is InChI=1S/C27H23ClN2O6/c1-14-8-19-17(11-18(14)28)24(31)22-23(16-9-20(33-2)25(35-4)21(10-16)34-3)30(27(32)26(22)36-19)13-15-6-5-7-29-12-15/h5-12,23H,13H2,1-4H3/t23-/m0/s1. The number of benzene rings is 2. The molecule has 0 fully saturated rings. The number of hydrogen-bond donors (Lipinski definition) is 0. The van der Waals surface area contributed by atoms with Crippen LogP contribution in [0.1, 0.15) is 38.9 Å². The zero-order chi connectivity index (χ0) is 25.6. The molecule has 5 rings (SSSR count). The number of hydrogen-bond acceptors (Lipinski definition) is 7. The van der Waals surface area contributed by atoms with Crippen LogP contribution in [0.15, 0.2) is 58.0 Å². The number of nitrogens with zero attached hydrogens (tertiary/aromatic N) is 2. The quantitative estimate of drug-likeness (QED) is 0.366. The van der Waals surface area contributed by atoms with Crippen molar-refractivity contribution in [3.05, 3.63) is 92.1 Å². The van der Waals surface area contributed by atoms with E-state index in [1.54, 1.807) is 47.6 Å². The molecule has 0 N–H and O–H groups in total. The zero-order valence-electron chi connectivity index (χ0n) is 20.1. The average Bonchev–Trinajstić information content (AvgIpc) is 3.16. The molecule has 36 heavy (non-hydrogen) atoms. The first-order chi connectivity index (χ1) is 17.4. The summed E-state index contributed by atoms with van der Waals surface area (Å²) in [6, 6.07) is 9.60. The molecular weight excluding hydrogens is 484 g/mol. The second kappa shape index (κ2) is 9.20. The summed E-state index contributed by atoms with van der Waals surface area (Å²) in [6.07, 6.45) is 3.34. The Labute approximate surface area is 212 Å². The van der Waals surface area contributed by atoms with Gasteiger partial charge in [-0.2, -0.15) is 0 Å². The van der Waals surface area contributed by atoms with E-state index in [9.17, 15) is 9.59 Å². The number of carbonyl (C=O) groups is 1. The van der Waals surface area contributed by atoms with Crippen LogP contribution in [-0.4, -0.2) is 37.1 Å². The van der Waals surface area contributed by atoms with Gasteiger partial charge in [0.25, 0.3) is 5.91 Å². The number of carbonyl (C=O) groups excluding carboxylic acids is 1. The summed E-state index contributed by atoms with van der Waals surface area (Å²) in [5.41, 5.74) is 2.35. The van der Waals surface area contributed by atoms with E-state index in [0.29, 0.717) is 38.8 Å². The van der Waals surface area contributed by atoms with Crippen LogP contribution in [0.25, 0.3) is 11.0 Å². The third kappa shape index (κ3) is 3.74. The van der Waals surface area contributed by atoms with Gasteiger partial charge in [0.2, 0.25) is 11.5 Å². The molecule has 0 aliphatic carbocycles. The molecule has 0 spiro atoms. The second-order valence-electron chi connectivity index (χ2n) is 8.43. The van der Waals surface area contributed by atoms with E-state index in [1.165, 1.54) is 21.3 Å². The molecule has 0 saturated carbocycles. The van der Waals surface area contributed by atoms with Crippen LogP contribution >= 0.6 is 11.6 Å². The number of pyridine rings is 1. The molecule has 0 unspecified atom stereocenters. The van der Waals surface area contributed by atoms with Gasteiger partial charge < -0.3 is 23.5 Å². The van der Waals surface area contributed by atoms with E-state index in [4.69, 9.17) is 30.2 Å². The molecule has 0 bridgehead atoms. The topological polar surface area (TPSA) is 91.1 Å². The van der Waals surface area contributed by atoms with Gasteiger partial charge in [-0.15, -0.1) is 0 Å². The minimum atomic E-state index is -0.776. The fourth-order valence-electron chi connectivity index (χ4n) is 4.60. The van der Waals surface area contributed by atoms with Gasteiger partial charge in [0, 0.05) is 24.0 Å². The monoisotopic (exact) mass is 506 g/mol. The summed E-state index contributed by atoms with van der Waals surface area (Å²) in [7, 11) is 4.53. The number of aryl methyl sites for hydroxylation is 1. The van der Waals surface area contributed by atoms with Gasteiger partial charge in [0.15, 0.2) is 16.9 Å². The van der Waals surface area contributed by atoms with Gasteiger partial charge >= 0.3 is 0 Å². The molecule has 0 saturated heterocycles. The Morgan fingerprint density at radius 2 is 1.78 bits per heavy atom. The summed E-state index contributed by atoms with van der Waals surface area (Å²) in [6.45, 7) is 2.01. The number of methoxy groups -OCH3 is 3. The number of aromatic nitrogens is 1. The molecular formula is C27H23ClN2O6. The Kier molecular flexibility index (Phi) is 6.05. The normalized spacial score (nSPS) is 14.8. The van der Waals surface area contributed by atoms with Gasteiger partial charge in [-0.05, 0) is 53.9 Å². The van der Waals surface area contributed by atoms with Crippen molar-refractivity contribution >= 4 is 28.5 Å². The van der Waals surface area contributed by atoms with Crippen LogP contribution in [0, 0.1) is 6.92 Å². The number of ether oxygens (including phenoxy) is 3. The molecule has 1 aliphatic rings. The van der Waals surface area contributed by atoms with Gasteiger partial charge in [-0.1, -0.05) is 17.7 Å². The third-order valence-electron chi connectivity index (χ3n) is 6.33. The maximum absolute atomic E-state index is 13.8. The van der Waals surface area contributed by atoms with Crippen LogP contribution in [0.2, 0.25) is 5.02 Å². The molecule has 1 amide bonds. The Hall–Kier alpha value is -4.04. The first-order valence-corrected chi connectivity index (χ1v) is 11.5. The molecule has 1 aliphatic heterocycles. The molecule has 4 aromatic rings. The predicted octanol–water partition coefficient (Wildman–Crippen LogP) is 4.92. The highest BCUT2D eigenvalue weighted by molar-refractivity contribution is 6.32. The maximum atomic E-state index is 13.8. The van der Waals surface area contributed by atoms with Crippen molar-refractivity contribution in [2.45, 2.75) is 19.5 Å². The van der Waals surface area contributed by atoms with Crippen LogP contribution in [0.4, 0.5) is 0 Å². The Morgan fingerprint density at radius 1 is 1.06 bits per heavy atom. The average molecular weight is 507 g/mol. The second-order valence-corrected chi connectivity index (χ2v) is 8.83. The van der Waals surface area contributed by atoms with Crippen molar-refractivity contribution in [2.24, 2.45) is 0 Å². The third-order valence-corrected chi connectivity index (χ3v) is 6.73. The molecule has 8 nitrogen and oxygen atoms in total. The largest absolute Gasteiger partial charge is 0.493 e. The minimum Gasteiger partial charge on any atom is -0.493 e. The molecule has 1 atom stereocenters. The summed E-state index contributed by atoms with van der Waals surface area (Å²) in [5.74, 6) is 0.798. The van der Waals surface area contributed by atoms with Crippen molar-refractivity contribution in [2.75, 3.05) is 21.3 Å². The molecule has 3 heterocycles. The van der Waals surface area contributed by atoms with Crippen molar-refractivity contribution in [3.8, 4) is 17.2 Å². The lowest BCUT2D eigenvalue weighted by atomic mass is 9.97. The molecule has 0 radical (unpaired) electrons. The highest BCUT2D eigenvalue weighted by Gasteiger charge is 2.43. The van der Waals surface area contributed by atoms with Gasteiger partial charge in [-0.25, -0.2) is 0 Å². The first kappa shape index (κ1) is 23.7. The smallest absolute Gasteiger partial charge is 0.291 e. The van der Waals surface area contributed by atoms with Gasteiger partial charge in [-0.3, -0.25) is 14.6 Å². The summed E-state index contributed by atoms with van der Waals surface area (Å²) in [5, 5.41) is 0.744. The fourth-order valence-corrected chi connectivity index (χ4v) is 4.76. The lowest BCUT2D eigenvalue weighted by molar-refractivity contribution is 0.0713. The van der Waals surface area contributed by atoms with Crippen LogP contribution < -0.4 is 19.6 Å². The van der Waals surface area contributed by atoms with Crippen LogP contribution in [0.3, 0.4) is 0 Å². The number of rotatable bonds is 6. The van der Waals surface area contributed by atoms with E-state index >= 15 is 0 Å². The molecule has 2 aromatic carbocycles. The predicted molar refractivity (Wildman–Crippen MR) is 134 cm³/mol. The van der Waals surface area contributed by atoms with E-state index in [1.807, 2.05) is 13.0 Å². The molecule has 184 valence electrons. The van der Waals surface area contributed by atoms with Crippen molar-refractivity contribution in [1.82, 2.24) is 9.88 Å². The van der Waals surface area contributed by atoms with E-state index in [-0.39, 0.29) is 23.3 Å². The lowest BCUT2D eigenvalue weighted by Crippen LogP contribution is -2.29. The lowest BCUT2D eigenvalue weighted by Gasteiger charge is -2.26. The van der Waals surface area contributed by atoms with Crippen LogP contribution in [0.5, 0.6) is 17.2 Å². The maximum Gasteiger partial charge on any atom is 0.291 e. The van der Waals surface area contributed by atoms with Crippen LogP contribution in [-0.2, 0) is 6.54 Å². The van der Waals surface area contributed by atoms with Crippen molar-refractivity contribution in [1.29, 1.82) is 0 Å². The number of amides is 1. The first-order valence-electron chi connectivity index (χ1n) is 11.1. The van der Waals surface area contributed by atoms with Gasteiger partial charge in [0.05, 0.1) is 38.3 Å².